The van der Waals surface area contributed by atoms with Crippen molar-refractivity contribution in [3.63, 3.8) is 0 Å². The molecule has 1 aromatic carbocycles. The van der Waals surface area contributed by atoms with Gasteiger partial charge < -0.3 is 16.0 Å². The molecule has 2 aromatic rings. The molecule has 1 aromatic heterocycles. The van der Waals surface area contributed by atoms with Gasteiger partial charge in [-0.25, -0.2) is 4.99 Å². The Morgan fingerprint density at radius 1 is 1.29 bits per heavy atom. The van der Waals surface area contributed by atoms with Crippen molar-refractivity contribution in [3.8, 4) is 0 Å². The zero-order chi connectivity index (χ0) is 17.4. The van der Waals surface area contributed by atoms with E-state index >= 15 is 0 Å². The molecule has 0 saturated heterocycles. The van der Waals surface area contributed by atoms with Gasteiger partial charge in [0.15, 0.2) is 5.96 Å². The van der Waals surface area contributed by atoms with Crippen molar-refractivity contribution in [2.24, 2.45) is 4.99 Å². The standard InChI is InChI=1S/C17H21BrN4OS/c1-3-19-17(20-9-13-6-7-24-11-13)21-10-16(23)22-15-8-14(18)5-4-12(15)2/h4-8,11H,3,9-10H2,1-2H3,(H,22,23)(H2,19,20,21). The van der Waals surface area contributed by atoms with Crippen LogP contribution in [0, 0.1) is 6.92 Å². The number of nitrogens with one attached hydrogen (secondary N) is 3. The minimum absolute atomic E-state index is 0.114. The van der Waals surface area contributed by atoms with Gasteiger partial charge in [0, 0.05) is 16.7 Å². The number of hydrogen-bond acceptors (Lipinski definition) is 3. The van der Waals surface area contributed by atoms with Crippen LogP contribution in [-0.2, 0) is 11.3 Å². The highest BCUT2D eigenvalue weighted by Gasteiger charge is 2.07. The third kappa shape index (κ3) is 5.98. The number of rotatable bonds is 6. The topological polar surface area (TPSA) is 65.5 Å². The maximum Gasteiger partial charge on any atom is 0.243 e. The Morgan fingerprint density at radius 2 is 2.12 bits per heavy atom. The van der Waals surface area contributed by atoms with E-state index in [9.17, 15) is 4.79 Å². The summed E-state index contributed by atoms with van der Waals surface area (Å²) in [6, 6.07) is 7.84. The number of nitrogens with zero attached hydrogens (tertiary/aromatic N) is 1. The van der Waals surface area contributed by atoms with Crippen molar-refractivity contribution in [3.05, 3.63) is 50.6 Å². The Kier molecular flexibility index (Phi) is 7.27. The van der Waals surface area contributed by atoms with Crippen molar-refractivity contribution in [2.75, 3.05) is 18.4 Å². The molecule has 1 amide bonds. The largest absolute Gasteiger partial charge is 0.357 e. The molecular formula is C17H21BrN4OS. The Labute approximate surface area is 154 Å². The highest BCUT2D eigenvalue weighted by molar-refractivity contribution is 9.10. The van der Waals surface area contributed by atoms with Crippen LogP contribution < -0.4 is 16.0 Å². The van der Waals surface area contributed by atoms with Gasteiger partial charge in [0.05, 0.1) is 13.1 Å². The Hall–Kier alpha value is -1.86. The molecule has 1 heterocycles. The second kappa shape index (κ2) is 9.44. The number of anilines is 1. The Morgan fingerprint density at radius 3 is 2.83 bits per heavy atom. The summed E-state index contributed by atoms with van der Waals surface area (Å²) in [7, 11) is 0. The van der Waals surface area contributed by atoms with Gasteiger partial charge in [0.1, 0.15) is 0 Å². The van der Waals surface area contributed by atoms with Crippen LogP contribution in [0.3, 0.4) is 0 Å². The summed E-state index contributed by atoms with van der Waals surface area (Å²) in [4.78, 5) is 16.6. The summed E-state index contributed by atoms with van der Waals surface area (Å²) in [6.45, 7) is 5.43. The number of hydrogen-bond donors (Lipinski definition) is 3. The SMILES string of the molecule is CCNC(=NCc1ccsc1)NCC(=O)Nc1cc(Br)ccc1C. The maximum atomic E-state index is 12.1. The zero-order valence-corrected chi connectivity index (χ0v) is 16.1. The lowest BCUT2D eigenvalue weighted by Gasteiger charge is -2.12. The number of thiophene rings is 1. The van der Waals surface area contributed by atoms with Crippen molar-refractivity contribution in [2.45, 2.75) is 20.4 Å². The van der Waals surface area contributed by atoms with Gasteiger partial charge in [-0.05, 0) is 53.9 Å². The first-order chi connectivity index (χ1) is 11.6. The molecule has 0 atom stereocenters. The lowest BCUT2D eigenvalue weighted by atomic mass is 10.2. The summed E-state index contributed by atoms with van der Waals surface area (Å²) < 4.78 is 0.932. The number of carbonyl (C=O) groups excluding carboxylic acids is 1. The third-order valence-corrected chi connectivity index (χ3v) is 4.46. The van der Waals surface area contributed by atoms with Crippen molar-refractivity contribution in [1.82, 2.24) is 10.6 Å². The monoisotopic (exact) mass is 408 g/mol. The van der Waals surface area contributed by atoms with E-state index in [-0.39, 0.29) is 12.5 Å². The zero-order valence-electron chi connectivity index (χ0n) is 13.7. The first-order valence-electron chi connectivity index (χ1n) is 7.67. The number of benzene rings is 1. The number of amides is 1. The molecule has 128 valence electrons. The van der Waals surface area contributed by atoms with E-state index in [0.717, 1.165) is 27.8 Å². The van der Waals surface area contributed by atoms with E-state index in [1.807, 2.05) is 43.5 Å². The van der Waals surface area contributed by atoms with Gasteiger partial charge in [-0.3, -0.25) is 4.79 Å². The van der Waals surface area contributed by atoms with Crippen molar-refractivity contribution < 1.29 is 4.79 Å². The number of aryl methyl sites for hydroxylation is 1. The average Bonchev–Trinajstić information content (AvgIpc) is 3.07. The number of halogens is 1. The van der Waals surface area contributed by atoms with E-state index in [2.05, 4.69) is 42.3 Å². The molecule has 0 aliphatic heterocycles. The first kappa shape index (κ1) is 18.5. The predicted octanol–water partition coefficient (Wildman–Crippen LogP) is 3.51. The van der Waals surface area contributed by atoms with Crippen molar-refractivity contribution in [1.29, 1.82) is 0 Å². The van der Waals surface area contributed by atoms with Crippen LogP contribution in [0.4, 0.5) is 5.69 Å². The fourth-order valence-corrected chi connectivity index (χ4v) is 3.00. The molecule has 0 fully saturated rings. The Balaban J connectivity index is 1.89. The van der Waals surface area contributed by atoms with Gasteiger partial charge in [0.2, 0.25) is 5.91 Å². The molecular weight excluding hydrogens is 388 g/mol. The van der Waals surface area contributed by atoms with Gasteiger partial charge >= 0.3 is 0 Å². The molecule has 0 saturated carbocycles. The number of aliphatic imine (C=N–C) groups is 1. The van der Waals surface area contributed by atoms with E-state index in [4.69, 9.17) is 0 Å². The van der Waals surface area contributed by atoms with Gasteiger partial charge in [-0.15, -0.1) is 0 Å². The summed E-state index contributed by atoms with van der Waals surface area (Å²) in [5.41, 5.74) is 2.98. The molecule has 0 spiro atoms. The van der Waals surface area contributed by atoms with E-state index in [1.165, 1.54) is 0 Å². The van der Waals surface area contributed by atoms with E-state index in [1.54, 1.807) is 11.3 Å². The lowest BCUT2D eigenvalue weighted by Crippen LogP contribution is -2.41. The fourth-order valence-electron chi connectivity index (χ4n) is 1.98. The third-order valence-electron chi connectivity index (χ3n) is 3.23. The van der Waals surface area contributed by atoms with Crippen LogP contribution >= 0.6 is 27.3 Å². The van der Waals surface area contributed by atoms with Crippen LogP contribution in [0.5, 0.6) is 0 Å². The molecule has 0 bridgehead atoms. The van der Waals surface area contributed by atoms with Crippen LogP contribution in [0.2, 0.25) is 0 Å². The highest BCUT2D eigenvalue weighted by atomic mass is 79.9. The van der Waals surface area contributed by atoms with Crippen LogP contribution in [0.15, 0.2) is 44.5 Å². The highest BCUT2D eigenvalue weighted by Crippen LogP contribution is 2.20. The molecule has 3 N–H and O–H groups in total. The molecule has 2 rings (SSSR count). The summed E-state index contributed by atoms with van der Waals surface area (Å²) >= 11 is 5.06. The summed E-state index contributed by atoms with van der Waals surface area (Å²) in [5, 5.41) is 13.2. The first-order valence-corrected chi connectivity index (χ1v) is 9.41. The molecule has 0 aliphatic rings. The van der Waals surface area contributed by atoms with Gasteiger partial charge in [-0.1, -0.05) is 22.0 Å². The molecule has 0 aliphatic carbocycles. The van der Waals surface area contributed by atoms with E-state index in [0.29, 0.717) is 12.5 Å². The maximum absolute atomic E-state index is 12.1. The molecule has 5 nitrogen and oxygen atoms in total. The molecule has 7 heteroatoms. The Bertz CT molecular complexity index is 701. The van der Waals surface area contributed by atoms with Gasteiger partial charge in [-0.2, -0.15) is 11.3 Å². The van der Waals surface area contributed by atoms with Crippen LogP contribution in [0.1, 0.15) is 18.1 Å². The summed E-state index contributed by atoms with van der Waals surface area (Å²) in [5.74, 6) is 0.516. The predicted molar refractivity (Wildman–Crippen MR) is 105 cm³/mol. The molecule has 0 radical (unpaired) electrons. The van der Waals surface area contributed by atoms with Crippen LogP contribution in [-0.4, -0.2) is 25.0 Å². The lowest BCUT2D eigenvalue weighted by molar-refractivity contribution is -0.115. The normalized spacial score (nSPS) is 11.2. The van der Waals surface area contributed by atoms with E-state index < -0.39 is 0 Å². The van der Waals surface area contributed by atoms with Gasteiger partial charge in [0.25, 0.3) is 0 Å². The van der Waals surface area contributed by atoms with Crippen molar-refractivity contribution >= 4 is 44.8 Å². The minimum atomic E-state index is -0.114. The fraction of sp³-hybridized carbons (Fsp3) is 0.294. The second-order valence-electron chi connectivity index (χ2n) is 5.19. The number of carbonyl (C=O) groups is 1. The average molecular weight is 409 g/mol. The molecule has 24 heavy (non-hydrogen) atoms. The molecule has 0 unspecified atom stereocenters. The second-order valence-corrected chi connectivity index (χ2v) is 6.88. The smallest absolute Gasteiger partial charge is 0.243 e. The van der Waals surface area contributed by atoms with Crippen LogP contribution in [0.25, 0.3) is 0 Å². The summed E-state index contributed by atoms with van der Waals surface area (Å²) in [6.07, 6.45) is 0. The quantitative estimate of drug-likeness (QED) is 0.505. The number of guanidine groups is 1. The minimum Gasteiger partial charge on any atom is -0.357 e.